The summed E-state index contributed by atoms with van der Waals surface area (Å²) in [5.74, 6) is -0.426. The summed E-state index contributed by atoms with van der Waals surface area (Å²) in [6.07, 6.45) is -4.87. The van der Waals surface area contributed by atoms with Crippen molar-refractivity contribution in [3.63, 3.8) is 0 Å². The minimum atomic E-state index is -4.95. The monoisotopic (exact) mass is 598 g/mol. The van der Waals surface area contributed by atoms with Crippen molar-refractivity contribution in [3.05, 3.63) is 106 Å². The van der Waals surface area contributed by atoms with E-state index in [4.69, 9.17) is 11.6 Å². The number of carbonyl (C=O) groups excluding carboxylic acids is 1. The lowest BCUT2D eigenvalue weighted by Gasteiger charge is -2.15. The highest BCUT2D eigenvalue weighted by Crippen LogP contribution is 2.24. The van der Waals surface area contributed by atoms with Gasteiger partial charge in [-0.1, -0.05) is 23.7 Å². The highest BCUT2D eigenvalue weighted by atomic mass is 35.5. The lowest BCUT2D eigenvalue weighted by Crippen LogP contribution is -2.37. The summed E-state index contributed by atoms with van der Waals surface area (Å²) in [4.78, 5) is 34.5. The van der Waals surface area contributed by atoms with Crippen LogP contribution in [0, 0.1) is 6.92 Å². The molecular formula is C27H22ClF3N8O3. The molecule has 2 N–H and O–H groups in total. The Labute approximate surface area is 240 Å². The number of carbonyl (C=O) groups is 1. The standard InChI is InChI=1S/C27H22ClF3N8O3/c1-16-6-11-19(12-32-16)34-25(41)20-4-2-3-5-21(20)39-15-33-23(35-39)14-38-26(42)37(13-22(40)27(29,30)31)24(36-38)17-7-9-18(28)10-8-17/h2-12,15,22,40H,13-14H2,1H3,(H,34,41)/t22-/m0/s1. The van der Waals surface area contributed by atoms with Crippen LogP contribution in [-0.2, 0) is 13.1 Å². The minimum Gasteiger partial charge on any atom is -0.382 e. The first-order valence-corrected chi connectivity index (χ1v) is 12.8. The van der Waals surface area contributed by atoms with Crippen LogP contribution < -0.4 is 11.0 Å². The topological polar surface area (TPSA) is 133 Å². The summed E-state index contributed by atoms with van der Waals surface area (Å²) >= 11 is 5.93. The van der Waals surface area contributed by atoms with E-state index >= 15 is 0 Å². The van der Waals surface area contributed by atoms with Gasteiger partial charge in [0.05, 0.1) is 29.7 Å². The van der Waals surface area contributed by atoms with Gasteiger partial charge in [-0.25, -0.2) is 19.1 Å². The Morgan fingerprint density at radius 3 is 2.48 bits per heavy atom. The number of halogens is 4. The third kappa shape index (κ3) is 6.24. The molecule has 0 saturated heterocycles. The molecule has 0 bridgehead atoms. The zero-order chi connectivity index (χ0) is 30.0. The minimum absolute atomic E-state index is 0.0960. The molecule has 0 radical (unpaired) electrons. The van der Waals surface area contributed by atoms with Crippen molar-refractivity contribution in [3.8, 4) is 17.1 Å². The summed E-state index contributed by atoms with van der Waals surface area (Å²) < 4.78 is 42.4. The number of hydrogen-bond acceptors (Lipinski definition) is 7. The Morgan fingerprint density at radius 1 is 1.05 bits per heavy atom. The van der Waals surface area contributed by atoms with Crippen LogP contribution in [0.4, 0.5) is 18.9 Å². The summed E-state index contributed by atoms with van der Waals surface area (Å²) in [6, 6.07) is 16.1. The summed E-state index contributed by atoms with van der Waals surface area (Å²) in [6.45, 7) is 0.457. The van der Waals surface area contributed by atoms with Gasteiger partial charge in [-0.05, 0) is 55.5 Å². The number of anilines is 1. The van der Waals surface area contributed by atoms with Gasteiger partial charge < -0.3 is 10.4 Å². The maximum Gasteiger partial charge on any atom is 0.416 e. The molecule has 0 aliphatic rings. The van der Waals surface area contributed by atoms with E-state index in [1.165, 1.54) is 41.5 Å². The molecule has 11 nitrogen and oxygen atoms in total. The second kappa shape index (κ2) is 11.6. The van der Waals surface area contributed by atoms with Gasteiger partial charge in [-0.15, -0.1) is 10.2 Å². The average Bonchev–Trinajstić information content (AvgIpc) is 3.55. The number of amides is 1. The van der Waals surface area contributed by atoms with Gasteiger partial charge in [-0.3, -0.25) is 14.3 Å². The lowest BCUT2D eigenvalue weighted by atomic mass is 10.1. The highest BCUT2D eigenvalue weighted by Gasteiger charge is 2.39. The molecule has 15 heteroatoms. The molecular weight excluding hydrogens is 577 g/mol. The number of pyridine rings is 1. The van der Waals surface area contributed by atoms with E-state index in [1.807, 2.05) is 6.92 Å². The van der Waals surface area contributed by atoms with E-state index in [9.17, 15) is 27.9 Å². The molecule has 3 heterocycles. The molecule has 216 valence electrons. The SMILES string of the molecule is Cc1ccc(NC(=O)c2ccccc2-n2cnc(Cn3nc(-c4ccc(Cl)cc4)n(C[C@H](O)C(F)(F)F)c3=O)n2)cn1. The van der Waals surface area contributed by atoms with Gasteiger partial charge in [0, 0.05) is 16.3 Å². The molecule has 1 atom stereocenters. The Kier molecular flexibility index (Phi) is 7.91. The Morgan fingerprint density at radius 2 is 1.79 bits per heavy atom. The number of aromatic nitrogens is 7. The van der Waals surface area contributed by atoms with E-state index in [-0.39, 0.29) is 23.8 Å². The molecule has 5 aromatic rings. The molecule has 0 spiro atoms. The molecule has 42 heavy (non-hydrogen) atoms. The van der Waals surface area contributed by atoms with Crippen molar-refractivity contribution < 1.29 is 23.1 Å². The van der Waals surface area contributed by atoms with E-state index in [0.717, 1.165) is 14.9 Å². The Balaban J connectivity index is 1.44. The Bertz CT molecular complexity index is 1780. The first-order chi connectivity index (χ1) is 20.0. The zero-order valence-corrected chi connectivity index (χ0v) is 22.6. The van der Waals surface area contributed by atoms with Gasteiger partial charge in [0.2, 0.25) is 0 Å². The first kappa shape index (κ1) is 28.7. The lowest BCUT2D eigenvalue weighted by molar-refractivity contribution is -0.207. The van der Waals surface area contributed by atoms with Crippen LogP contribution in [0.15, 0.2) is 78.0 Å². The van der Waals surface area contributed by atoms with Crippen LogP contribution in [-0.4, -0.2) is 57.4 Å². The fourth-order valence-electron chi connectivity index (χ4n) is 4.02. The fraction of sp³-hybridized carbons (Fsp3) is 0.185. The molecule has 1 amide bonds. The molecule has 0 saturated carbocycles. The number of aliphatic hydroxyl groups excluding tert-OH is 1. The maximum atomic E-state index is 13.2. The average molecular weight is 599 g/mol. The maximum absolute atomic E-state index is 13.2. The van der Waals surface area contributed by atoms with E-state index in [2.05, 4.69) is 25.5 Å². The van der Waals surface area contributed by atoms with Gasteiger partial charge in [0.15, 0.2) is 17.8 Å². The smallest absolute Gasteiger partial charge is 0.382 e. The Hall–Kier alpha value is -4.82. The van der Waals surface area contributed by atoms with Gasteiger partial charge >= 0.3 is 11.9 Å². The molecule has 0 unspecified atom stereocenters. The summed E-state index contributed by atoms with van der Waals surface area (Å²) in [5, 5.41) is 21.4. The van der Waals surface area contributed by atoms with Gasteiger partial charge in [0.1, 0.15) is 12.9 Å². The second-order valence-corrected chi connectivity index (χ2v) is 9.64. The van der Waals surface area contributed by atoms with Crippen molar-refractivity contribution in [2.24, 2.45) is 0 Å². The zero-order valence-electron chi connectivity index (χ0n) is 21.8. The predicted octanol–water partition coefficient (Wildman–Crippen LogP) is 3.87. The number of aryl methyl sites for hydroxylation is 1. The number of nitrogens with one attached hydrogen (secondary N) is 1. The van der Waals surface area contributed by atoms with Crippen LogP contribution in [0.1, 0.15) is 21.9 Å². The summed E-state index contributed by atoms with van der Waals surface area (Å²) in [7, 11) is 0. The predicted molar refractivity (Wildman–Crippen MR) is 146 cm³/mol. The number of benzene rings is 2. The van der Waals surface area contributed by atoms with Crippen LogP contribution in [0.25, 0.3) is 17.1 Å². The van der Waals surface area contributed by atoms with Crippen molar-refractivity contribution in [2.45, 2.75) is 32.3 Å². The quantitative estimate of drug-likeness (QED) is 0.277. The molecule has 0 aliphatic carbocycles. The number of nitrogens with zero attached hydrogens (tertiary/aromatic N) is 7. The fourth-order valence-corrected chi connectivity index (χ4v) is 4.15. The van der Waals surface area contributed by atoms with Gasteiger partial charge in [0.25, 0.3) is 5.91 Å². The van der Waals surface area contributed by atoms with E-state index in [0.29, 0.717) is 22.0 Å². The number of para-hydroxylation sites is 1. The molecule has 2 aromatic carbocycles. The van der Waals surface area contributed by atoms with Crippen molar-refractivity contribution in [2.75, 3.05) is 5.32 Å². The number of hydrogen-bond donors (Lipinski definition) is 2. The summed E-state index contributed by atoms with van der Waals surface area (Å²) in [5.41, 5.74) is 1.37. The van der Waals surface area contributed by atoms with Crippen LogP contribution in [0.2, 0.25) is 5.02 Å². The highest BCUT2D eigenvalue weighted by molar-refractivity contribution is 6.30. The van der Waals surface area contributed by atoms with Crippen LogP contribution >= 0.6 is 11.6 Å². The number of alkyl halides is 3. The molecule has 0 aliphatic heterocycles. The van der Waals surface area contributed by atoms with Crippen molar-refractivity contribution >= 4 is 23.2 Å². The van der Waals surface area contributed by atoms with Crippen LogP contribution in [0.5, 0.6) is 0 Å². The van der Waals surface area contributed by atoms with Crippen molar-refractivity contribution in [1.82, 2.24) is 34.1 Å². The largest absolute Gasteiger partial charge is 0.416 e. The van der Waals surface area contributed by atoms with E-state index < -0.39 is 30.4 Å². The molecule has 5 rings (SSSR count). The number of rotatable bonds is 8. The third-order valence-electron chi connectivity index (χ3n) is 6.15. The van der Waals surface area contributed by atoms with E-state index in [1.54, 1.807) is 36.4 Å². The first-order valence-electron chi connectivity index (χ1n) is 12.4. The number of aliphatic hydroxyl groups is 1. The molecule has 3 aromatic heterocycles. The van der Waals surface area contributed by atoms with Crippen molar-refractivity contribution in [1.29, 1.82) is 0 Å². The second-order valence-electron chi connectivity index (χ2n) is 9.20. The normalized spacial score (nSPS) is 12.3. The third-order valence-corrected chi connectivity index (χ3v) is 6.41. The van der Waals surface area contributed by atoms with Crippen LogP contribution in [0.3, 0.4) is 0 Å². The van der Waals surface area contributed by atoms with Gasteiger partial charge in [-0.2, -0.15) is 13.2 Å². The molecule has 0 fully saturated rings.